The van der Waals surface area contributed by atoms with Crippen molar-refractivity contribution in [2.24, 2.45) is 5.14 Å². The summed E-state index contributed by atoms with van der Waals surface area (Å²) in [5.74, 6) is 0.811. The number of aromatic nitrogens is 2. The van der Waals surface area contributed by atoms with Crippen LogP contribution in [0.5, 0.6) is 0 Å². The average Bonchev–Trinajstić information content (AvgIpc) is 2.52. The van der Waals surface area contributed by atoms with E-state index in [1.54, 1.807) is 12.1 Å². The lowest BCUT2D eigenvalue weighted by molar-refractivity contribution is 0.588. The molecule has 0 saturated heterocycles. The van der Waals surface area contributed by atoms with Crippen LogP contribution in [0.15, 0.2) is 18.2 Å². The zero-order chi connectivity index (χ0) is 13.3. The highest BCUT2D eigenvalue weighted by molar-refractivity contribution is 7.89. The van der Waals surface area contributed by atoms with Crippen LogP contribution < -0.4 is 10.9 Å². The van der Waals surface area contributed by atoms with E-state index in [1.165, 1.54) is 0 Å². The van der Waals surface area contributed by atoms with E-state index in [-0.39, 0.29) is 5.75 Å². The quantitative estimate of drug-likeness (QED) is 0.792. The van der Waals surface area contributed by atoms with Crippen LogP contribution in [0, 0.1) is 6.92 Å². The van der Waals surface area contributed by atoms with Crippen molar-refractivity contribution in [3.8, 4) is 0 Å². The lowest BCUT2D eigenvalue weighted by atomic mass is 10.3. The van der Waals surface area contributed by atoms with Crippen LogP contribution in [0.25, 0.3) is 11.0 Å². The second kappa shape index (κ2) is 4.58. The third-order valence-electron chi connectivity index (χ3n) is 2.77. The standard InChI is InChI=1S/C11H16N4O2S/c1-8-14-10-7-9(12)3-4-11(10)15(8)5-2-6-18(13,16)17/h3-4,7H,2,5-6,12H2,1H3,(H2,13,16,17). The van der Waals surface area contributed by atoms with E-state index < -0.39 is 10.0 Å². The van der Waals surface area contributed by atoms with Crippen molar-refractivity contribution in [1.29, 1.82) is 0 Å². The number of aryl methyl sites for hydroxylation is 2. The molecule has 0 bridgehead atoms. The topological polar surface area (TPSA) is 104 Å². The monoisotopic (exact) mass is 268 g/mol. The Labute approximate surface area is 106 Å². The Kier molecular flexibility index (Phi) is 3.27. The number of nitrogen functional groups attached to an aromatic ring is 1. The first-order chi connectivity index (χ1) is 8.37. The minimum atomic E-state index is -3.40. The number of anilines is 1. The van der Waals surface area contributed by atoms with Crippen molar-refractivity contribution < 1.29 is 8.42 Å². The molecular weight excluding hydrogens is 252 g/mol. The Morgan fingerprint density at radius 3 is 2.78 bits per heavy atom. The molecule has 0 aliphatic heterocycles. The number of rotatable bonds is 4. The Balaban J connectivity index is 2.25. The minimum absolute atomic E-state index is 0.0267. The molecule has 6 nitrogen and oxygen atoms in total. The zero-order valence-corrected chi connectivity index (χ0v) is 10.9. The molecule has 0 fully saturated rings. The molecule has 4 N–H and O–H groups in total. The van der Waals surface area contributed by atoms with Crippen LogP contribution in [-0.2, 0) is 16.6 Å². The van der Waals surface area contributed by atoms with Gasteiger partial charge >= 0.3 is 0 Å². The molecule has 0 amide bonds. The van der Waals surface area contributed by atoms with Crippen molar-refractivity contribution in [3.63, 3.8) is 0 Å². The first kappa shape index (κ1) is 12.8. The maximum Gasteiger partial charge on any atom is 0.209 e. The summed E-state index contributed by atoms with van der Waals surface area (Å²) in [6.07, 6.45) is 0.468. The van der Waals surface area contributed by atoms with Gasteiger partial charge in [0.15, 0.2) is 0 Å². The number of hydrogen-bond acceptors (Lipinski definition) is 4. The molecule has 0 radical (unpaired) electrons. The molecule has 1 heterocycles. The Hall–Kier alpha value is -1.60. The van der Waals surface area contributed by atoms with Crippen LogP contribution in [-0.4, -0.2) is 23.7 Å². The van der Waals surface area contributed by atoms with E-state index in [9.17, 15) is 8.42 Å². The lowest BCUT2D eigenvalue weighted by Crippen LogP contribution is -2.18. The predicted octanol–water partition coefficient (Wildman–Crippen LogP) is 0.606. The van der Waals surface area contributed by atoms with Crippen molar-refractivity contribution in [1.82, 2.24) is 9.55 Å². The number of nitrogens with zero attached hydrogens (tertiary/aromatic N) is 2. The van der Waals surface area contributed by atoms with Crippen LogP contribution in [0.3, 0.4) is 0 Å². The number of sulfonamides is 1. The fraction of sp³-hybridized carbons (Fsp3) is 0.364. The number of imidazole rings is 1. The van der Waals surface area contributed by atoms with Gasteiger partial charge in [-0.15, -0.1) is 0 Å². The average molecular weight is 268 g/mol. The molecular formula is C11H16N4O2S. The predicted molar refractivity (Wildman–Crippen MR) is 71.5 cm³/mol. The fourth-order valence-corrected chi connectivity index (χ4v) is 2.50. The minimum Gasteiger partial charge on any atom is -0.399 e. The van der Waals surface area contributed by atoms with E-state index >= 15 is 0 Å². The highest BCUT2D eigenvalue weighted by Gasteiger charge is 2.09. The van der Waals surface area contributed by atoms with Gasteiger partial charge in [0.2, 0.25) is 10.0 Å². The number of benzene rings is 1. The van der Waals surface area contributed by atoms with Gasteiger partial charge < -0.3 is 10.3 Å². The molecule has 0 saturated carbocycles. The Morgan fingerprint density at radius 2 is 2.11 bits per heavy atom. The molecule has 2 rings (SSSR count). The van der Waals surface area contributed by atoms with Gasteiger partial charge in [-0.05, 0) is 31.5 Å². The third kappa shape index (κ3) is 2.80. The van der Waals surface area contributed by atoms with Gasteiger partial charge in [0.05, 0.1) is 16.8 Å². The summed E-state index contributed by atoms with van der Waals surface area (Å²) >= 11 is 0. The summed E-state index contributed by atoms with van der Waals surface area (Å²) in [7, 11) is -3.40. The van der Waals surface area contributed by atoms with E-state index in [2.05, 4.69) is 4.98 Å². The largest absolute Gasteiger partial charge is 0.399 e. The van der Waals surface area contributed by atoms with E-state index in [1.807, 2.05) is 17.6 Å². The number of fused-ring (bicyclic) bond motifs is 1. The summed E-state index contributed by atoms with van der Waals surface area (Å²) in [5.41, 5.74) is 8.14. The van der Waals surface area contributed by atoms with Gasteiger partial charge in [0, 0.05) is 12.2 Å². The van der Waals surface area contributed by atoms with Crippen LogP contribution >= 0.6 is 0 Å². The van der Waals surface area contributed by atoms with Crippen LogP contribution in [0.1, 0.15) is 12.2 Å². The van der Waals surface area contributed by atoms with Gasteiger partial charge in [-0.1, -0.05) is 0 Å². The SMILES string of the molecule is Cc1nc2cc(N)ccc2n1CCCS(N)(=O)=O. The van der Waals surface area contributed by atoms with Gasteiger partial charge in [-0.3, -0.25) is 0 Å². The number of hydrogen-bond donors (Lipinski definition) is 2. The maximum absolute atomic E-state index is 10.9. The maximum atomic E-state index is 10.9. The van der Waals surface area contributed by atoms with Gasteiger partial charge in [0.25, 0.3) is 0 Å². The zero-order valence-electron chi connectivity index (χ0n) is 10.1. The number of nitrogens with two attached hydrogens (primary N) is 2. The second-order valence-electron chi connectivity index (χ2n) is 4.28. The molecule has 1 aromatic carbocycles. The van der Waals surface area contributed by atoms with E-state index in [4.69, 9.17) is 10.9 Å². The summed E-state index contributed by atoms with van der Waals surface area (Å²) < 4.78 is 23.8. The molecule has 1 aromatic heterocycles. The molecule has 7 heteroatoms. The summed E-state index contributed by atoms with van der Waals surface area (Å²) in [4.78, 5) is 4.39. The smallest absolute Gasteiger partial charge is 0.209 e. The molecule has 0 unspecified atom stereocenters. The Bertz CT molecular complexity index is 676. The van der Waals surface area contributed by atoms with Crippen LogP contribution in [0.2, 0.25) is 0 Å². The van der Waals surface area contributed by atoms with E-state index in [0.29, 0.717) is 18.7 Å². The normalized spacial score (nSPS) is 12.1. The Morgan fingerprint density at radius 1 is 1.39 bits per heavy atom. The molecule has 98 valence electrons. The first-order valence-electron chi connectivity index (χ1n) is 5.60. The van der Waals surface area contributed by atoms with Gasteiger partial charge in [0.1, 0.15) is 5.82 Å². The van der Waals surface area contributed by atoms with Crippen molar-refractivity contribution >= 4 is 26.7 Å². The van der Waals surface area contributed by atoms with Gasteiger partial charge in [-0.2, -0.15) is 0 Å². The summed E-state index contributed by atoms with van der Waals surface area (Å²) in [6.45, 7) is 2.45. The summed E-state index contributed by atoms with van der Waals surface area (Å²) in [6, 6.07) is 5.50. The highest BCUT2D eigenvalue weighted by atomic mass is 32.2. The molecule has 2 aromatic rings. The molecule has 18 heavy (non-hydrogen) atoms. The first-order valence-corrected chi connectivity index (χ1v) is 7.31. The van der Waals surface area contributed by atoms with E-state index in [0.717, 1.165) is 16.9 Å². The lowest BCUT2D eigenvalue weighted by Gasteiger charge is -2.06. The summed E-state index contributed by atoms with van der Waals surface area (Å²) in [5, 5.41) is 4.98. The molecule has 0 aliphatic rings. The van der Waals surface area contributed by atoms with Crippen molar-refractivity contribution in [2.75, 3.05) is 11.5 Å². The van der Waals surface area contributed by atoms with Crippen molar-refractivity contribution in [2.45, 2.75) is 19.9 Å². The fourth-order valence-electron chi connectivity index (χ4n) is 1.97. The van der Waals surface area contributed by atoms with Gasteiger partial charge in [-0.25, -0.2) is 18.5 Å². The molecule has 0 spiro atoms. The number of primary sulfonamides is 1. The third-order valence-corrected chi connectivity index (χ3v) is 3.63. The molecule has 0 aliphatic carbocycles. The molecule has 0 atom stereocenters. The highest BCUT2D eigenvalue weighted by Crippen LogP contribution is 2.19. The second-order valence-corrected chi connectivity index (χ2v) is 6.01. The van der Waals surface area contributed by atoms with Crippen LogP contribution in [0.4, 0.5) is 5.69 Å². The van der Waals surface area contributed by atoms with Crippen molar-refractivity contribution in [3.05, 3.63) is 24.0 Å².